The monoisotopic (exact) mass is 301 g/mol. The highest BCUT2D eigenvalue weighted by Crippen LogP contribution is 2.23. The Morgan fingerprint density at radius 3 is 2.59 bits per heavy atom. The van der Waals surface area contributed by atoms with E-state index in [1.807, 2.05) is 9.80 Å². The van der Waals surface area contributed by atoms with E-state index < -0.39 is 0 Å². The molecule has 120 valence electrons. The average molecular weight is 301 g/mol. The van der Waals surface area contributed by atoms with Crippen molar-refractivity contribution in [1.29, 1.82) is 0 Å². The van der Waals surface area contributed by atoms with Crippen molar-refractivity contribution in [2.75, 3.05) is 31.1 Å². The van der Waals surface area contributed by atoms with Crippen molar-refractivity contribution in [2.45, 2.75) is 39.2 Å². The van der Waals surface area contributed by atoms with Crippen molar-refractivity contribution < 1.29 is 4.79 Å². The molecule has 4 nitrogen and oxygen atoms in total. The molecule has 2 fully saturated rings. The van der Waals surface area contributed by atoms with Crippen LogP contribution in [0.15, 0.2) is 24.3 Å². The molecule has 2 saturated heterocycles. The van der Waals surface area contributed by atoms with Crippen molar-refractivity contribution in [2.24, 2.45) is 5.92 Å². The maximum Gasteiger partial charge on any atom is 0.324 e. The number of carbonyl (C=O) groups excluding carboxylic acids is 1. The summed E-state index contributed by atoms with van der Waals surface area (Å²) >= 11 is 0. The topological polar surface area (TPSA) is 35.6 Å². The van der Waals surface area contributed by atoms with E-state index in [1.54, 1.807) is 0 Å². The number of nitrogens with one attached hydrogen (secondary N) is 1. The Morgan fingerprint density at radius 1 is 1.23 bits per heavy atom. The van der Waals surface area contributed by atoms with E-state index >= 15 is 0 Å². The summed E-state index contributed by atoms with van der Waals surface area (Å²) in [5.74, 6) is 0.754. The Morgan fingerprint density at radius 2 is 2.00 bits per heavy atom. The van der Waals surface area contributed by atoms with Crippen LogP contribution in [0.4, 0.5) is 10.5 Å². The van der Waals surface area contributed by atoms with Gasteiger partial charge in [0.05, 0.1) is 0 Å². The van der Waals surface area contributed by atoms with Gasteiger partial charge >= 0.3 is 6.03 Å². The van der Waals surface area contributed by atoms with Crippen LogP contribution in [0.3, 0.4) is 0 Å². The Balaban J connectivity index is 1.63. The van der Waals surface area contributed by atoms with E-state index in [9.17, 15) is 4.79 Å². The number of carbonyl (C=O) groups is 1. The lowest BCUT2D eigenvalue weighted by atomic mass is 9.92. The molecule has 0 aliphatic carbocycles. The van der Waals surface area contributed by atoms with Crippen molar-refractivity contribution in [1.82, 2.24) is 10.2 Å². The second-order valence-electron chi connectivity index (χ2n) is 6.80. The lowest BCUT2D eigenvalue weighted by molar-refractivity contribution is 0.209. The van der Waals surface area contributed by atoms with Crippen LogP contribution in [0.2, 0.25) is 0 Å². The first-order valence-electron chi connectivity index (χ1n) is 8.53. The summed E-state index contributed by atoms with van der Waals surface area (Å²) in [7, 11) is 0. The van der Waals surface area contributed by atoms with Gasteiger partial charge in [-0.2, -0.15) is 0 Å². The highest BCUT2D eigenvalue weighted by atomic mass is 16.2. The molecule has 0 spiro atoms. The molecule has 2 aliphatic rings. The van der Waals surface area contributed by atoms with E-state index in [0.717, 1.165) is 37.7 Å². The molecule has 0 aromatic heterocycles. The Hall–Kier alpha value is -1.55. The number of rotatable bonds is 4. The van der Waals surface area contributed by atoms with Crippen LogP contribution in [0, 0.1) is 5.92 Å². The number of piperidine rings is 1. The van der Waals surface area contributed by atoms with Gasteiger partial charge in [-0.3, -0.25) is 4.90 Å². The number of hydrogen-bond acceptors (Lipinski definition) is 2. The second-order valence-corrected chi connectivity index (χ2v) is 6.80. The van der Waals surface area contributed by atoms with Gasteiger partial charge in [0.15, 0.2) is 0 Å². The van der Waals surface area contributed by atoms with Crippen LogP contribution in [0.25, 0.3) is 0 Å². The van der Waals surface area contributed by atoms with Gasteiger partial charge in [0.2, 0.25) is 0 Å². The first-order chi connectivity index (χ1) is 10.6. The molecule has 3 rings (SSSR count). The Bertz CT molecular complexity index is 506. The molecule has 0 saturated carbocycles. The first-order valence-corrected chi connectivity index (χ1v) is 8.53. The second kappa shape index (κ2) is 6.69. The van der Waals surface area contributed by atoms with Crippen molar-refractivity contribution in [3.05, 3.63) is 29.8 Å². The van der Waals surface area contributed by atoms with Gasteiger partial charge in [0.1, 0.15) is 0 Å². The maximum absolute atomic E-state index is 12.4. The summed E-state index contributed by atoms with van der Waals surface area (Å²) in [6, 6.07) is 9.00. The van der Waals surface area contributed by atoms with Gasteiger partial charge in [0.25, 0.3) is 0 Å². The highest BCUT2D eigenvalue weighted by molar-refractivity contribution is 5.94. The molecule has 1 aromatic carbocycles. The fourth-order valence-electron chi connectivity index (χ4n) is 3.52. The van der Waals surface area contributed by atoms with Gasteiger partial charge in [-0.25, -0.2) is 4.79 Å². The van der Waals surface area contributed by atoms with Gasteiger partial charge < -0.3 is 10.2 Å². The zero-order chi connectivity index (χ0) is 15.5. The SMILES string of the molecule is CC(C)N1CCN(c2ccc(CC3CCCNC3)cc2)C1=O. The Kier molecular flexibility index (Phi) is 4.67. The minimum atomic E-state index is 0.138. The molecule has 22 heavy (non-hydrogen) atoms. The van der Waals surface area contributed by atoms with E-state index in [0.29, 0.717) is 0 Å². The van der Waals surface area contributed by atoms with Crippen LogP contribution in [-0.2, 0) is 6.42 Å². The summed E-state index contributed by atoms with van der Waals surface area (Å²) in [6.45, 7) is 8.06. The molecule has 1 aromatic rings. The van der Waals surface area contributed by atoms with Crippen LogP contribution in [-0.4, -0.2) is 43.2 Å². The fourth-order valence-corrected chi connectivity index (χ4v) is 3.52. The first kappa shape index (κ1) is 15.3. The third-order valence-corrected chi connectivity index (χ3v) is 4.84. The van der Waals surface area contributed by atoms with Crippen molar-refractivity contribution in [3.63, 3.8) is 0 Å². The van der Waals surface area contributed by atoms with Crippen LogP contribution in [0.5, 0.6) is 0 Å². The number of urea groups is 1. The standard InChI is InChI=1S/C18H27N3O/c1-14(2)20-10-11-21(18(20)22)17-7-5-15(6-8-17)12-16-4-3-9-19-13-16/h5-8,14,16,19H,3-4,9-13H2,1-2H3. The molecule has 0 radical (unpaired) electrons. The summed E-state index contributed by atoms with van der Waals surface area (Å²) in [5, 5.41) is 3.47. The molecule has 2 heterocycles. The molecule has 1 N–H and O–H groups in total. The molecule has 2 amide bonds. The van der Waals surface area contributed by atoms with E-state index in [1.165, 1.54) is 24.9 Å². The Labute approximate surface area is 133 Å². The predicted molar refractivity (Wildman–Crippen MR) is 90.3 cm³/mol. The highest BCUT2D eigenvalue weighted by Gasteiger charge is 2.30. The fraction of sp³-hybridized carbons (Fsp3) is 0.611. The van der Waals surface area contributed by atoms with Gasteiger partial charge in [-0.05, 0) is 69.8 Å². The minimum absolute atomic E-state index is 0.138. The third kappa shape index (κ3) is 3.27. The smallest absolute Gasteiger partial charge is 0.320 e. The molecule has 0 bridgehead atoms. The number of anilines is 1. The molecular weight excluding hydrogens is 274 g/mol. The lowest BCUT2D eigenvalue weighted by Gasteiger charge is -2.23. The predicted octanol–water partition coefficient (Wildman–Crippen LogP) is 2.88. The van der Waals surface area contributed by atoms with Crippen molar-refractivity contribution >= 4 is 11.7 Å². The molecular formula is C18H27N3O. The van der Waals surface area contributed by atoms with Gasteiger partial charge in [-0.1, -0.05) is 12.1 Å². The van der Waals surface area contributed by atoms with Gasteiger partial charge in [-0.15, -0.1) is 0 Å². The van der Waals surface area contributed by atoms with E-state index in [2.05, 4.69) is 43.4 Å². The maximum atomic E-state index is 12.4. The number of nitrogens with zero attached hydrogens (tertiary/aromatic N) is 2. The summed E-state index contributed by atoms with van der Waals surface area (Å²) in [4.78, 5) is 16.2. The number of amides is 2. The summed E-state index contributed by atoms with van der Waals surface area (Å²) < 4.78 is 0. The van der Waals surface area contributed by atoms with Crippen LogP contribution in [0.1, 0.15) is 32.3 Å². The molecule has 1 unspecified atom stereocenters. The molecule has 1 atom stereocenters. The zero-order valence-corrected chi connectivity index (χ0v) is 13.7. The minimum Gasteiger partial charge on any atom is -0.320 e. The summed E-state index contributed by atoms with van der Waals surface area (Å²) in [6.07, 6.45) is 3.75. The van der Waals surface area contributed by atoms with Crippen LogP contribution >= 0.6 is 0 Å². The number of hydrogen-bond donors (Lipinski definition) is 1. The summed E-state index contributed by atoms with van der Waals surface area (Å²) in [5.41, 5.74) is 2.41. The molecule has 2 aliphatic heterocycles. The average Bonchev–Trinajstić information content (AvgIpc) is 2.91. The van der Waals surface area contributed by atoms with Crippen molar-refractivity contribution in [3.8, 4) is 0 Å². The van der Waals surface area contributed by atoms with Crippen LogP contribution < -0.4 is 10.2 Å². The van der Waals surface area contributed by atoms with Gasteiger partial charge in [0, 0.05) is 24.8 Å². The largest absolute Gasteiger partial charge is 0.324 e. The zero-order valence-electron chi connectivity index (χ0n) is 13.7. The van der Waals surface area contributed by atoms with E-state index in [-0.39, 0.29) is 12.1 Å². The lowest BCUT2D eigenvalue weighted by Crippen LogP contribution is -2.36. The third-order valence-electron chi connectivity index (χ3n) is 4.84. The van der Waals surface area contributed by atoms with E-state index in [4.69, 9.17) is 0 Å². The molecule has 4 heteroatoms. The normalized spacial score (nSPS) is 22.7. The number of benzene rings is 1. The quantitative estimate of drug-likeness (QED) is 0.928.